The van der Waals surface area contributed by atoms with Gasteiger partial charge in [-0.25, -0.2) is 14.0 Å². The lowest BCUT2D eigenvalue weighted by atomic mass is 10.0. The summed E-state index contributed by atoms with van der Waals surface area (Å²) in [5.74, 6) is -3.16. The van der Waals surface area contributed by atoms with Crippen molar-refractivity contribution in [3.8, 4) is 0 Å². The van der Waals surface area contributed by atoms with Crippen LogP contribution in [-0.4, -0.2) is 48.9 Å². The molecule has 2 aliphatic heterocycles. The standard InChI is InChI=1S/C18H20FNO5/c1-18(2)24-16(21)15(17(22)25-18)10-12-3-4-14(19)9-13(12)11-20-5-7-23-8-6-20/h3-4,9-10H,5-8,11H2,1-2H3. The summed E-state index contributed by atoms with van der Waals surface area (Å²) >= 11 is 0. The molecule has 25 heavy (non-hydrogen) atoms. The molecule has 0 N–H and O–H groups in total. The number of carbonyl (C=O) groups is 2. The predicted molar refractivity (Wildman–Crippen MR) is 86.7 cm³/mol. The Labute approximate surface area is 145 Å². The van der Waals surface area contributed by atoms with E-state index in [1.807, 2.05) is 0 Å². The summed E-state index contributed by atoms with van der Waals surface area (Å²) in [7, 11) is 0. The molecule has 0 aliphatic carbocycles. The van der Waals surface area contributed by atoms with Gasteiger partial charge in [0.05, 0.1) is 13.2 Å². The van der Waals surface area contributed by atoms with E-state index in [9.17, 15) is 14.0 Å². The second-order valence-corrected chi connectivity index (χ2v) is 6.47. The zero-order chi connectivity index (χ0) is 18.0. The number of carbonyl (C=O) groups excluding carboxylic acids is 2. The van der Waals surface area contributed by atoms with Gasteiger partial charge in [0, 0.05) is 33.5 Å². The minimum absolute atomic E-state index is 0.200. The number of halogens is 1. The molecule has 2 aliphatic rings. The summed E-state index contributed by atoms with van der Waals surface area (Å²) in [6.07, 6.45) is 1.40. The highest BCUT2D eigenvalue weighted by Gasteiger charge is 2.38. The molecule has 6 nitrogen and oxygen atoms in total. The third kappa shape index (κ3) is 4.24. The molecule has 2 heterocycles. The van der Waals surface area contributed by atoms with E-state index in [0.29, 0.717) is 30.9 Å². The Bertz CT molecular complexity index is 700. The molecule has 0 saturated carbocycles. The zero-order valence-corrected chi connectivity index (χ0v) is 14.2. The van der Waals surface area contributed by atoms with Crippen molar-refractivity contribution in [3.63, 3.8) is 0 Å². The minimum atomic E-state index is -1.29. The topological polar surface area (TPSA) is 65.1 Å². The first kappa shape index (κ1) is 17.6. The fraction of sp³-hybridized carbons (Fsp3) is 0.444. The molecule has 0 bridgehead atoms. The normalized spacial score (nSPS) is 20.8. The SMILES string of the molecule is CC1(C)OC(=O)C(=Cc2ccc(F)cc2CN2CCOCC2)C(=O)O1. The van der Waals surface area contributed by atoms with E-state index >= 15 is 0 Å². The van der Waals surface area contributed by atoms with Gasteiger partial charge in [-0.2, -0.15) is 0 Å². The first-order chi connectivity index (χ1) is 11.8. The summed E-state index contributed by atoms with van der Waals surface area (Å²) in [6, 6.07) is 4.24. The Balaban J connectivity index is 1.89. The molecular weight excluding hydrogens is 329 g/mol. The average molecular weight is 349 g/mol. The second kappa shape index (κ2) is 6.93. The van der Waals surface area contributed by atoms with Gasteiger partial charge in [-0.15, -0.1) is 0 Å². The second-order valence-electron chi connectivity index (χ2n) is 6.47. The molecule has 0 radical (unpaired) electrons. The first-order valence-corrected chi connectivity index (χ1v) is 8.11. The fourth-order valence-corrected chi connectivity index (χ4v) is 2.79. The van der Waals surface area contributed by atoms with Crippen LogP contribution in [0, 0.1) is 5.82 Å². The summed E-state index contributed by atoms with van der Waals surface area (Å²) in [5, 5.41) is 0. The molecular formula is C18H20FNO5. The Morgan fingerprint density at radius 3 is 2.44 bits per heavy atom. The number of ether oxygens (including phenoxy) is 3. The summed E-state index contributed by atoms with van der Waals surface area (Å²) in [4.78, 5) is 26.3. The number of hydrogen-bond acceptors (Lipinski definition) is 6. The Hall–Kier alpha value is -2.25. The zero-order valence-electron chi connectivity index (χ0n) is 14.2. The van der Waals surface area contributed by atoms with Crippen molar-refractivity contribution in [3.05, 3.63) is 40.7 Å². The third-order valence-electron chi connectivity index (χ3n) is 4.02. The van der Waals surface area contributed by atoms with Crippen LogP contribution < -0.4 is 0 Å². The van der Waals surface area contributed by atoms with Crippen molar-refractivity contribution in [2.24, 2.45) is 0 Å². The predicted octanol–water partition coefficient (Wildman–Crippen LogP) is 1.88. The van der Waals surface area contributed by atoms with Crippen LogP contribution in [0.25, 0.3) is 6.08 Å². The number of rotatable bonds is 3. The molecule has 1 aromatic rings. The van der Waals surface area contributed by atoms with Crippen LogP contribution in [0.3, 0.4) is 0 Å². The largest absolute Gasteiger partial charge is 0.419 e. The summed E-state index contributed by atoms with van der Waals surface area (Å²) in [5.41, 5.74) is 1.06. The third-order valence-corrected chi connectivity index (χ3v) is 4.02. The molecule has 7 heteroatoms. The molecule has 1 aromatic carbocycles. The van der Waals surface area contributed by atoms with E-state index < -0.39 is 17.7 Å². The van der Waals surface area contributed by atoms with Crippen molar-refractivity contribution >= 4 is 18.0 Å². The van der Waals surface area contributed by atoms with Crippen LogP contribution in [0.4, 0.5) is 4.39 Å². The van der Waals surface area contributed by atoms with Gasteiger partial charge in [0.25, 0.3) is 5.79 Å². The molecule has 0 aromatic heterocycles. The van der Waals surface area contributed by atoms with Crippen molar-refractivity contribution < 1.29 is 28.2 Å². The van der Waals surface area contributed by atoms with Gasteiger partial charge in [0.1, 0.15) is 11.4 Å². The van der Waals surface area contributed by atoms with Gasteiger partial charge in [-0.05, 0) is 29.3 Å². The average Bonchev–Trinajstić information content (AvgIpc) is 2.53. The van der Waals surface area contributed by atoms with Gasteiger partial charge in [0.15, 0.2) is 0 Å². The summed E-state index contributed by atoms with van der Waals surface area (Å²) < 4.78 is 29.2. The number of hydrogen-bond donors (Lipinski definition) is 0. The van der Waals surface area contributed by atoms with E-state index in [4.69, 9.17) is 14.2 Å². The minimum Gasteiger partial charge on any atom is -0.419 e. The van der Waals surface area contributed by atoms with Gasteiger partial charge in [-0.1, -0.05) is 6.07 Å². The van der Waals surface area contributed by atoms with Crippen LogP contribution in [0.1, 0.15) is 25.0 Å². The van der Waals surface area contributed by atoms with Crippen LogP contribution >= 0.6 is 0 Å². The van der Waals surface area contributed by atoms with Crippen LogP contribution in [0.2, 0.25) is 0 Å². The molecule has 2 saturated heterocycles. The molecule has 0 spiro atoms. The number of cyclic esters (lactones) is 2. The smallest absolute Gasteiger partial charge is 0.348 e. The van der Waals surface area contributed by atoms with Crippen molar-refractivity contribution in [2.45, 2.75) is 26.2 Å². The first-order valence-electron chi connectivity index (χ1n) is 8.11. The van der Waals surface area contributed by atoms with E-state index in [2.05, 4.69) is 4.90 Å². The molecule has 3 rings (SSSR count). The van der Waals surface area contributed by atoms with Crippen LogP contribution in [-0.2, 0) is 30.3 Å². The Morgan fingerprint density at radius 2 is 1.80 bits per heavy atom. The van der Waals surface area contributed by atoms with Gasteiger partial charge < -0.3 is 14.2 Å². The Kier molecular flexibility index (Phi) is 4.87. The lowest BCUT2D eigenvalue weighted by Gasteiger charge is -2.30. The number of esters is 2. The van der Waals surface area contributed by atoms with E-state index in [1.54, 1.807) is 6.07 Å². The molecule has 134 valence electrons. The fourth-order valence-electron chi connectivity index (χ4n) is 2.79. The molecule has 0 unspecified atom stereocenters. The lowest BCUT2D eigenvalue weighted by molar-refractivity contribution is -0.222. The van der Waals surface area contributed by atoms with E-state index in [0.717, 1.165) is 13.1 Å². The highest BCUT2D eigenvalue weighted by Crippen LogP contribution is 2.25. The van der Waals surface area contributed by atoms with Crippen LogP contribution in [0.15, 0.2) is 23.8 Å². The molecule has 0 amide bonds. The summed E-state index contributed by atoms with van der Waals surface area (Å²) in [6.45, 7) is 6.20. The van der Waals surface area contributed by atoms with Crippen molar-refractivity contribution in [1.29, 1.82) is 0 Å². The van der Waals surface area contributed by atoms with Crippen LogP contribution in [0.5, 0.6) is 0 Å². The van der Waals surface area contributed by atoms with Crippen molar-refractivity contribution in [1.82, 2.24) is 4.90 Å². The van der Waals surface area contributed by atoms with Crippen molar-refractivity contribution in [2.75, 3.05) is 26.3 Å². The lowest BCUT2D eigenvalue weighted by Crippen LogP contribution is -2.41. The van der Waals surface area contributed by atoms with Gasteiger partial charge in [-0.3, -0.25) is 4.90 Å². The maximum absolute atomic E-state index is 13.7. The van der Waals surface area contributed by atoms with Gasteiger partial charge in [0.2, 0.25) is 0 Å². The molecule has 2 fully saturated rings. The molecule has 0 atom stereocenters. The number of benzene rings is 1. The highest BCUT2D eigenvalue weighted by atomic mass is 19.1. The number of morpholine rings is 1. The van der Waals surface area contributed by atoms with E-state index in [1.165, 1.54) is 32.1 Å². The maximum Gasteiger partial charge on any atom is 0.348 e. The quantitative estimate of drug-likeness (QED) is 0.472. The number of nitrogens with zero attached hydrogens (tertiary/aromatic N) is 1. The van der Waals surface area contributed by atoms with E-state index in [-0.39, 0.29) is 11.4 Å². The Morgan fingerprint density at radius 1 is 1.16 bits per heavy atom. The monoisotopic (exact) mass is 349 g/mol. The van der Waals surface area contributed by atoms with Gasteiger partial charge >= 0.3 is 11.9 Å². The highest BCUT2D eigenvalue weighted by molar-refractivity contribution is 6.18. The maximum atomic E-state index is 13.7.